The highest BCUT2D eigenvalue weighted by Gasteiger charge is 2.21. The van der Waals surface area contributed by atoms with Gasteiger partial charge >= 0.3 is 5.97 Å². The molecule has 0 aliphatic heterocycles. The number of ether oxygens (including phenoxy) is 1. The number of aromatic hydroxyl groups is 1. The monoisotopic (exact) mass is 426 g/mol. The molecular weight excluding hydrogens is 396 g/mol. The summed E-state index contributed by atoms with van der Waals surface area (Å²) in [4.78, 5) is 38.1. The van der Waals surface area contributed by atoms with E-state index in [2.05, 4.69) is 5.32 Å². The number of nitrogens with zero attached hydrogens (tertiary/aromatic N) is 1. The first-order valence-electron chi connectivity index (χ1n) is 10.2. The Morgan fingerprint density at radius 1 is 1.00 bits per heavy atom. The van der Waals surface area contributed by atoms with Crippen LogP contribution in [0.25, 0.3) is 0 Å². The molecule has 0 aromatic heterocycles. The quantitative estimate of drug-likeness (QED) is 0.649. The zero-order valence-corrected chi connectivity index (χ0v) is 18.9. The summed E-state index contributed by atoms with van der Waals surface area (Å²) in [6.45, 7) is 7.35. The minimum Gasteiger partial charge on any atom is -0.507 e. The van der Waals surface area contributed by atoms with Crippen LogP contribution in [-0.2, 0) is 9.53 Å². The number of benzene rings is 2. The third kappa shape index (κ3) is 6.07. The molecule has 7 nitrogen and oxygen atoms in total. The van der Waals surface area contributed by atoms with Gasteiger partial charge in [-0.2, -0.15) is 0 Å². The second-order valence-corrected chi connectivity index (χ2v) is 8.22. The molecule has 0 heterocycles. The summed E-state index contributed by atoms with van der Waals surface area (Å²) in [5.74, 6) is -1.36. The van der Waals surface area contributed by atoms with Gasteiger partial charge in [0.15, 0.2) is 6.61 Å². The van der Waals surface area contributed by atoms with Crippen molar-refractivity contribution < 1.29 is 24.2 Å². The number of carbonyl (C=O) groups is 3. The average Bonchev–Trinajstić information content (AvgIpc) is 2.71. The molecule has 2 amide bonds. The number of hydrogen-bond acceptors (Lipinski definition) is 5. The number of phenolic OH excluding ortho intramolecular Hbond substituents is 1. The highest BCUT2D eigenvalue weighted by molar-refractivity contribution is 5.98. The van der Waals surface area contributed by atoms with E-state index in [0.717, 1.165) is 5.56 Å². The largest absolute Gasteiger partial charge is 0.507 e. The van der Waals surface area contributed by atoms with E-state index in [1.165, 1.54) is 4.90 Å². The van der Waals surface area contributed by atoms with Crippen LogP contribution in [0.15, 0.2) is 36.4 Å². The van der Waals surface area contributed by atoms with Crippen molar-refractivity contribution in [3.63, 3.8) is 0 Å². The smallest absolute Gasteiger partial charge is 0.342 e. The zero-order chi connectivity index (χ0) is 23.3. The molecule has 0 radical (unpaired) electrons. The van der Waals surface area contributed by atoms with Gasteiger partial charge in [-0.3, -0.25) is 9.59 Å². The minimum absolute atomic E-state index is 0.0240. The number of rotatable bonds is 7. The van der Waals surface area contributed by atoms with E-state index in [0.29, 0.717) is 16.8 Å². The van der Waals surface area contributed by atoms with Crippen molar-refractivity contribution in [3.05, 3.63) is 58.7 Å². The second kappa shape index (κ2) is 10.1. The maximum absolute atomic E-state index is 12.6. The van der Waals surface area contributed by atoms with Gasteiger partial charge in [0, 0.05) is 25.3 Å². The lowest BCUT2D eigenvalue weighted by atomic mass is 9.92. The molecule has 0 fully saturated rings. The molecule has 0 spiro atoms. The molecule has 2 aromatic rings. The van der Waals surface area contributed by atoms with E-state index in [1.807, 2.05) is 33.8 Å². The van der Waals surface area contributed by atoms with Crippen LogP contribution in [0.4, 0.5) is 5.69 Å². The molecule has 2 rings (SSSR count). The lowest BCUT2D eigenvalue weighted by molar-refractivity contribution is -0.119. The van der Waals surface area contributed by atoms with Crippen LogP contribution < -0.4 is 5.32 Å². The number of esters is 1. The Labute approximate surface area is 183 Å². The Morgan fingerprint density at radius 3 is 2.13 bits per heavy atom. The van der Waals surface area contributed by atoms with Gasteiger partial charge in [0.1, 0.15) is 11.3 Å². The Kier molecular flexibility index (Phi) is 7.80. The van der Waals surface area contributed by atoms with Crippen LogP contribution in [-0.4, -0.2) is 48.5 Å². The van der Waals surface area contributed by atoms with Gasteiger partial charge in [-0.25, -0.2) is 4.79 Å². The van der Waals surface area contributed by atoms with Crippen molar-refractivity contribution in [2.45, 2.75) is 39.5 Å². The summed E-state index contributed by atoms with van der Waals surface area (Å²) < 4.78 is 5.13. The van der Waals surface area contributed by atoms with Crippen LogP contribution >= 0.6 is 0 Å². The predicted molar refractivity (Wildman–Crippen MR) is 120 cm³/mol. The van der Waals surface area contributed by atoms with Crippen molar-refractivity contribution >= 4 is 23.5 Å². The van der Waals surface area contributed by atoms with Crippen molar-refractivity contribution in [1.29, 1.82) is 0 Å². The van der Waals surface area contributed by atoms with Crippen LogP contribution in [0.5, 0.6) is 5.75 Å². The fraction of sp³-hybridized carbons (Fsp3) is 0.375. The molecule has 7 heteroatoms. The molecule has 0 saturated carbocycles. The first-order chi connectivity index (χ1) is 14.5. The van der Waals surface area contributed by atoms with E-state index in [4.69, 9.17) is 4.74 Å². The zero-order valence-electron chi connectivity index (χ0n) is 18.9. The summed E-state index contributed by atoms with van der Waals surface area (Å²) in [7, 11) is 3.32. The highest BCUT2D eigenvalue weighted by atomic mass is 16.5. The first kappa shape index (κ1) is 23.9. The van der Waals surface area contributed by atoms with Gasteiger partial charge in [0.2, 0.25) is 0 Å². The summed E-state index contributed by atoms with van der Waals surface area (Å²) in [5.41, 5.74) is 2.59. The third-order valence-corrected chi connectivity index (χ3v) is 4.83. The van der Waals surface area contributed by atoms with Crippen molar-refractivity contribution in [2.24, 2.45) is 0 Å². The van der Waals surface area contributed by atoms with Gasteiger partial charge in [0.05, 0.1) is 0 Å². The molecule has 31 heavy (non-hydrogen) atoms. The van der Waals surface area contributed by atoms with Crippen molar-refractivity contribution in [1.82, 2.24) is 4.90 Å². The number of nitrogens with one attached hydrogen (secondary N) is 1. The summed E-state index contributed by atoms with van der Waals surface area (Å²) in [5, 5.41) is 13.1. The number of amides is 2. The van der Waals surface area contributed by atoms with Crippen LogP contribution in [0.3, 0.4) is 0 Å². The standard InChI is InChI=1S/C24H30N2O5/c1-14(2)17-11-19(15(3)4)22(28)20(12-17)24(30)31-13-21(27)25-18-9-7-16(8-10-18)23(29)26(5)6/h7-12,14-15,28H,13H2,1-6H3,(H,25,27). The van der Waals surface area contributed by atoms with Gasteiger partial charge in [-0.15, -0.1) is 0 Å². The Balaban J connectivity index is 2.05. The summed E-state index contributed by atoms with van der Waals surface area (Å²) in [6.07, 6.45) is 0. The molecule has 0 aliphatic rings. The second-order valence-electron chi connectivity index (χ2n) is 8.22. The number of anilines is 1. The fourth-order valence-corrected chi connectivity index (χ4v) is 2.97. The predicted octanol–water partition coefficient (Wildman–Crippen LogP) is 4.14. The van der Waals surface area contributed by atoms with Crippen LogP contribution in [0, 0.1) is 0 Å². The number of phenols is 1. The molecule has 0 unspecified atom stereocenters. The normalized spacial score (nSPS) is 10.8. The molecule has 166 valence electrons. The molecule has 0 aliphatic carbocycles. The lowest BCUT2D eigenvalue weighted by Gasteiger charge is -2.16. The maximum atomic E-state index is 12.6. The van der Waals surface area contributed by atoms with Gasteiger partial charge in [-0.05, 0) is 53.3 Å². The molecule has 0 saturated heterocycles. The van der Waals surface area contributed by atoms with E-state index in [9.17, 15) is 19.5 Å². The summed E-state index contributed by atoms with van der Waals surface area (Å²) in [6, 6.07) is 9.90. The van der Waals surface area contributed by atoms with E-state index >= 15 is 0 Å². The SMILES string of the molecule is CC(C)c1cc(C(=O)OCC(=O)Nc2ccc(C(=O)N(C)C)cc2)c(O)c(C(C)C)c1. The average molecular weight is 427 g/mol. The molecule has 2 aromatic carbocycles. The Morgan fingerprint density at radius 2 is 1.61 bits per heavy atom. The lowest BCUT2D eigenvalue weighted by Crippen LogP contribution is -2.22. The van der Waals surface area contributed by atoms with Crippen molar-refractivity contribution in [3.8, 4) is 5.75 Å². The Hall–Kier alpha value is -3.35. The number of carbonyl (C=O) groups excluding carboxylic acids is 3. The molecule has 2 N–H and O–H groups in total. The molecule has 0 bridgehead atoms. The topological polar surface area (TPSA) is 95.9 Å². The minimum atomic E-state index is -0.760. The van der Waals surface area contributed by atoms with E-state index in [1.54, 1.807) is 44.4 Å². The molecule has 0 atom stereocenters. The highest BCUT2D eigenvalue weighted by Crippen LogP contribution is 2.33. The third-order valence-electron chi connectivity index (χ3n) is 4.83. The van der Waals surface area contributed by atoms with E-state index in [-0.39, 0.29) is 29.1 Å². The molecular formula is C24H30N2O5. The maximum Gasteiger partial charge on any atom is 0.342 e. The van der Waals surface area contributed by atoms with Gasteiger partial charge in [0.25, 0.3) is 11.8 Å². The van der Waals surface area contributed by atoms with Gasteiger partial charge in [-0.1, -0.05) is 33.8 Å². The van der Waals surface area contributed by atoms with Crippen LogP contribution in [0.1, 0.15) is 71.4 Å². The van der Waals surface area contributed by atoms with Crippen LogP contribution in [0.2, 0.25) is 0 Å². The van der Waals surface area contributed by atoms with Crippen molar-refractivity contribution in [2.75, 3.05) is 26.0 Å². The van der Waals surface area contributed by atoms with E-state index < -0.39 is 18.5 Å². The number of hydrogen-bond donors (Lipinski definition) is 2. The summed E-state index contributed by atoms with van der Waals surface area (Å²) >= 11 is 0. The fourth-order valence-electron chi connectivity index (χ4n) is 2.97. The van der Waals surface area contributed by atoms with Gasteiger partial charge < -0.3 is 20.1 Å². The Bertz CT molecular complexity index is 963. The first-order valence-corrected chi connectivity index (χ1v) is 10.2.